The summed E-state index contributed by atoms with van der Waals surface area (Å²) in [4.78, 5) is 8.86. The van der Waals surface area contributed by atoms with Crippen LogP contribution in [-0.4, -0.2) is 11.2 Å². The Bertz CT molecular complexity index is 1150. The Morgan fingerprint density at radius 3 is 2.67 bits per heavy atom. The Kier molecular flexibility index (Phi) is 4.94. The molecule has 1 aromatic heterocycles. The standard InChI is InChI=1S/C22H14BrFN2O/c23-17-8-6-15(7-9-17)3-2-12-25-19-10-11-21-20(14-19)26-22(27-21)16-4-1-5-18(24)13-16/h1-14H/b3-2+,25-12?. The van der Waals surface area contributed by atoms with Crippen molar-refractivity contribution in [1.82, 2.24) is 4.98 Å². The maximum atomic E-state index is 13.4. The maximum absolute atomic E-state index is 13.4. The molecule has 0 bridgehead atoms. The van der Waals surface area contributed by atoms with Gasteiger partial charge >= 0.3 is 0 Å². The summed E-state index contributed by atoms with van der Waals surface area (Å²) in [7, 11) is 0. The summed E-state index contributed by atoms with van der Waals surface area (Å²) in [5, 5.41) is 0. The molecule has 0 aliphatic rings. The minimum absolute atomic E-state index is 0.322. The summed E-state index contributed by atoms with van der Waals surface area (Å²) in [5.41, 5.74) is 3.78. The van der Waals surface area contributed by atoms with Crippen LogP contribution in [0.15, 0.2) is 86.7 Å². The number of oxazole rings is 1. The number of rotatable bonds is 4. The van der Waals surface area contributed by atoms with Gasteiger partial charge in [0.2, 0.25) is 5.89 Å². The molecule has 1 heterocycles. The van der Waals surface area contributed by atoms with Crippen molar-refractivity contribution < 1.29 is 8.81 Å². The lowest BCUT2D eigenvalue weighted by atomic mass is 10.2. The molecule has 0 saturated carbocycles. The van der Waals surface area contributed by atoms with E-state index in [4.69, 9.17) is 4.42 Å². The van der Waals surface area contributed by atoms with Gasteiger partial charge in [-0.15, -0.1) is 0 Å². The van der Waals surface area contributed by atoms with Crippen LogP contribution in [0.1, 0.15) is 5.56 Å². The topological polar surface area (TPSA) is 38.4 Å². The van der Waals surface area contributed by atoms with E-state index in [0.29, 0.717) is 22.6 Å². The van der Waals surface area contributed by atoms with Crippen LogP contribution in [0.2, 0.25) is 0 Å². The van der Waals surface area contributed by atoms with Crippen LogP contribution in [0.3, 0.4) is 0 Å². The first kappa shape index (κ1) is 17.4. The number of aromatic nitrogens is 1. The van der Waals surface area contributed by atoms with E-state index in [2.05, 4.69) is 25.9 Å². The normalized spacial score (nSPS) is 11.8. The summed E-state index contributed by atoms with van der Waals surface area (Å²) in [5.74, 6) is 0.0679. The number of nitrogens with zero attached hydrogens (tertiary/aromatic N) is 2. The second-order valence-corrected chi connectivity index (χ2v) is 6.79. The molecule has 3 nitrogen and oxygen atoms in total. The van der Waals surface area contributed by atoms with E-state index in [1.165, 1.54) is 12.1 Å². The number of halogens is 2. The molecular weight excluding hydrogens is 407 g/mol. The van der Waals surface area contributed by atoms with Crippen molar-refractivity contribution >= 4 is 45.0 Å². The fourth-order valence-corrected chi connectivity index (χ4v) is 2.86. The van der Waals surface area contributed by atoms with Crippen molar-refractivity contribution in [3.63, 3.8) is 0 Å². The largest absolute Gasteiger partial charge is 0.436 e. The van der Waals surface area contributed by atoms with Gasteiger partial charge in [-0.05, 0) is 60.2 Å². The highest BCUT2D eigenvalue weighted by Crippen LogP contribution is 2.27. The van der Waals surface area contributed by atoms with E-state index in [0.717, 1.165) is 15.7 Å². The van der Waals surface area contributed by atoms with E-state index < -0.39 is 0 Å². The predicted octanol–water partition coefficient (Wildman–Crippen LogP) is 6.81. The van der Waals surface area contributed by atoms with Gasteiger partial charge in [0.1, 0.15) is 11.3 Å². The van der Waals surface area contributed by atoms with Crippen LogP contribution in [-0.2, 0) is 0 Å². The van der Waals surface area contributed by atoms with E-state index in [9.17, 15) is 4.39 Å². The van der Waals surface area contributed by atoms with E-state index in [1.807, 2.05) is 54.6 Å². The first-order chi connectivity index (χ1) is 13.2. The Morgan fingerprint density at radius 2 is 1.85 bits per heavy atom. The number of fused-ring (bicyclic) bond motifs is 1. The van der Waals surface area contributed by atoms with Gasteiger partial charge < -0.3 is 4.42 Å². The van der Waals surface area contributed by atoms with Crippen LogP contribution in [0.25, 0.3) is 28.6 Å². The summed E-state index contributed by atoms with van der Waals surface area (Å²) in [6.07, 6.45) is 5.60. The van der Waals surface area contributed by atoms with Crippen molar-refractivity contribution in [3.8, 4) is 11.5 Å². The zero-order valence-electron chi connectivity index (χ0n) is 14.1. The van der Waals surface area contributed by atoms with Gasteiger partial charge in [-0.1, -0.05) is 40.2 Å². The highest BCUT2D eigenvalue weighted by molar-refractivity contribution is 9.10. The second-order valence-electron chi connectivity index (χ2n) is 5.87. The van der Waals surface area contributed by atoms with Crippen molar-refractivity contribution in [3.05, 3.63) is 88.7 Å². The quantitative estimate of drug-likeness (QED) is 0.340. The van der Waals surface area contributed by atoms with Crippen LogP contribution in [0, 0.1) is 5.82 Å². The van der Waals surface area contributed by atoms with Gasteiger partial charge in [0.25, 0.3) is 0 Å². The van der Waals surface area contributed by atoms with Gasteiger partial charge in [-0.2, -0.15) is 0 Å². The van der Waals surface area contributed by atoms with E-state index in [-0.39, 0.29) is 5.82 Å². The lowest BCUT2D eigenvalue weighted by molar-refractivity contribution is 0.611. The number of hydrogen-bond acceptors (Lipinski definition) is 3. The summed E-state index contributed by atoms with van der Waals surface area (Å²) >= 11 is 3.42. The van der Waals surface area contributed by atoms with Crippen molar-refractivity contribution in [2.24, 2.45) is 4.99 Å². The molecule has 0 aliphatic heterocycles. The van der Waals surface area contributed by atoms with Crippen LogP contribution >= 0.6 is 15.9 Å². The zero-order chi connectivity index (χ0) is 18.6. The molecule has 0 radical (unpaired) electrons. The average Bonchev–Trinajstić information content (AvgIpc) is 3.10. The third-order valence-corrected chi connectivity index (χ3v) is 4.44. The van der Waals surface area contributed by atoms with Gasteiger partial charge in [0.15, 0.2) is 5.58 Å². The third-order valence-electron chi connectivity index (χ3n) is 3.91. The minimum atomic E-state index is -0.322. The molecule has 3 aromatic carbocycles. The highest BCUT2D eigenvalue weighted by atomic mass is 79.9. The lowest BCUT2D eigenvalue weighted by Gasteiger charge is -1.93. The minimum Gasteiger partial charge on any atom is -0.436 e. The summed E-state index contributed by atoms with van der Waals surface area (Å²) in [6, 6.07) is 19.7. The lowest BCUT2D eigenvalue weighted by Crippen LogP contribution is -1.78. The van der Waals surface area contributed by atoms with E-state index in [1.54, 1.807) is 18.3 Å². The molecule has 4 rings (SSSR count). The van der Waals surface area contributed by atoms with Crippen molar-refractivity contribution in [2.45, 2.75) is 0 Å². The zero-order valence-corrected chi connectivity index (χ0v) is 15.7. The third kappa shape index (κ3) is 4.20. The van der Waals surface area contributed by atoms with Gasteiger partial charge in [-0.25, -0.2) is 9.37 Å². The average molecular weight is 421 g/mol. The number of aliphatic imine (C=N–C) groups is 1. The predicted molar refractivity (Wildman–Crippen MR) is 111 cm³/mol. The van der Waals surface area contributed by atoms with Crippen molar-refractivity contribution in [2.75, 3.05) is 0 Å². The summed E-state index contributed by atoms with van der Waals surface area (Å²) in [6.45, 7) is 0. The molecule has 0 spiro atoms. The van der Waals surface area contributed by atoms with Gasteiger partial charge in [0.05, 0.1) is 5.69 Å². The first-order valence-electron chi connectivity index (χ1n) is 8.30. The summed E-state index contributed by atoms with van der Waals surface area (Å²) < 4.78 is 20.1. The monoisotopic (exact) mass is 420 g/mol. The maximum Gasteiger partial charge on any atom is 0.227 e. The molecule has 0 atom stereocenters. The molecule has 5 heteroatoms. The van der Waals surface area contributed by atoms with Gasteiger partial charge in [0, 0.05) is 16.3 Å². The van der Waals surface area contributed by atoms with Crippen LogP contribution < -0.4 is 0 Å². The molecule has 27 heavy (non-hydrogen) atoms. The Morgan fingerprint density at radius 1 is 1.00 bits per heavy atom. The molecule has 0 N–H and O–H groups in total. The van der Waals surface area contributed by atoms with Gasteiger partial charge in [-0.3, -0.25) is 4.99 Å². The fraction of sp³-hybridized carbons (Fsp3) is 0. The SMILES string of the molecule is Fc1cccc(-c2nc3cc(N=C/C=C/c4ccc(Br)cc4)ccc3o2)c1. The second kappa shape index (κ2) is 7.68. The first-order valence-corrected chi connectivity index (χ1v) is 9.09. The van der Waals surface area contributed by atoms with Crippen LogP contribution in [0.4, 0.5) is 10.1 Å². The Balaban J connectivity index is 1.53. The molecular formula is C22H14BrFN2O. The number of benzene rings is 3. The Hall–Kier alpha value is -3.05. The molecule has 0 saturated heterocycles. The molecule has 132 valence electrons. The number of allylic oxidation sites excluding steroid dienone is 1. The van der Waals surface area contributed by atoms with Crippen molar-refractivity contribution in [1.29, 1.82) is 0 Å². The molecule has 0 aliphatic carbocycles. The Labute approximate surface area is 164 Å². The molecule has 0 amide bonds. The molecule has 4 aromatic rings. The van der Waals surface area contributed by atoms with E-state index >= 15 is 0 Å². The fourth-order valence-electron chi connectivity index (χ4n) is 2.60. The highest BCUT2D eigenvalue weighted by Gasteiger charge is 2.09. The molecule has 0 fully saturated rings. The number of hydrogen-bond donors (Lipinski definition) is 0. The smallest absolute Gasteiger partial charge is 0.227 e. The van der Waals surface area contributed by atoms with Crippen LogP contribution in [0.5, 0.6) is 0 Å². The molecule has 0 unspecified atom stereocenters.